The Hall–Kier alpha value is -2.73. The quantitative estimate of drug-likeness (QED) is 0.750. The van der Waals surface area contributed by atoms with Gasteiger partial charge < -0.3 is 10.6 Å². The van der Waals surface area contributed by atoms with Crippen LogP contribution >= 0.6 is 11.3 Å². The molecule has 0 aliphatic rings. The summed E-state index contributed by atoms with van der Waals surface area (Å²) in [6.07, 6.45) is 3.33. The number of nitrogens with two attached hydrogens (primary N) is 1. The predicted molar refractivity (Wildman–Crippen MR) is 106 cm³/mol. The molecule has 0 spiro atoms. The summed E-state index contributed by atoms with van der Waals surface area (Å²) in [7, 11) is 1.82. The number of aromatic nitrogens is 2. The minimum Gasteiger partial charge on any atom is -0.397 e. The maximum absolute atomic E-state index is 12.9. The minimum atomic E-state index is -0.0806. The Labute approximate surface area is 157 Å². The monoisotopic (exact) mass is 366 g/mol. The minimum absolute atomic E-state index is 0.0307. The molecule has 0 saturated heterocycles. The first-order chi connectivity index (χ1) is 12.4. The molecule has 26 heavy (non-hydrogen) atoms. The fraction of sp³-hybridized carbons (Fsp3) is 0.250. The van der Waals surface area contributed by atoms with Crippen LogP contribution in [-0.4, -0.2) is 27.8 Å². The molecule has 0 saturated carbocycles. The average Bonchev–Trinajstić information content (AvgIpc) is 2.98. The summed E-state index contributed by atoms with van der Waals surface area (Å²) in [6, 6.07) is 9.28. The van der Waals surface area contributed by atoms with Crippen molar-refractivity contribution in [2.24, 2.45) is 0 Å². The Morgan fingerprint density at radius 3 is 2.46 bits per heavy atom. The summed E-state index contributed by atoms with van der Waals surface area (Å²) < 4.78 is 0. The number of pyridine rings is 1. The molecule has 0 aliphatic heterocycles. The van der Waals surface area contributed by atoms with Crippen LogP contribution in [0.1, 0.15) is 38.9 Å². The molecule has 1 atom stereocenters. The second kappa shape index (κ2) is 7.25. The third-order valence-electron chi connectivity index (χ3n) is 4.53. The Balaban J connectivity index is 1.81. The standard InChI is InChI=1S/C20H22N4OS/c1-12(19-13(2)26-14(3)23-19)24(4)20(25)16-7-5-15(6-8-16)17-9-10-22-11-18(17)21/h5-12H,21H2,1-4H3/t12-/m1/s1. The molecule has 6 heteroatoms. The van der Waals surface area contributed by atoms with E-state index >= 15 is 0 Å². The number of benzene rings is 1. The number of anilines is 1. The Morgan fingerprint density at radius 1 is 1.19 bits per heavy atom. The summed E-state index contributed by atoms with van der Waals surface area (Å²) in [5.74, 6) is -0.0307. The van der Waals surface area contributed by atoms with Crippen LogP contribution in [0.5, 0.6) is 0 Å². The molecule has 5 nitrogen and oxygen atoms in total. The van der Waals surface area contributed by atoms with E-state index in [9.17, 15) is 4.79 Å². The highest BCUT2D eigenvalue weighted by atomic mass is 32.1. The topological polar surface area (TPSA) is 72.1 Å². The van der Waals surface area contributed by atoms with Gasteiger partial charge in [-0.3, -0.25) is 9.78 Å². The average molecular weight is 366 g/mol. The second-order valence-electron chi connectivity index (χ2n) is 6.31. The van der Waals surface area contributed by atoms with Gasteiger partial charge >= 0.3 is 0 Å². The van der Waals surface area contributed by atoms with Gasteiger partial charge in [0.25, 0.3) is 5.91 Å². The third kappa shape index (κ3) is 3.46. The van der Waals surface area contributed by atoms with Gasteiger partial charge in [0.15, 0.2) is 0 Å². The van der Waals surface area contributed by atoms with Crippen molar-refractivity contribution >= 4 is 22.9 Å². The van der Waals surface area contributed by atoms with Gasteiger partial charge in [-0.15, -0.1) is 11.3 Å². The lowest BCUT2D eigenvalue weighted by molar-refractivity contribution is 0.0740. The maximum atomic E-state index is 12.9. The molecule has 0 unspecified atom stereocenters. The van der Waals surface area contributed by atoms with Crippen molar-refractivity contribution in [2.75, 3.05) is 12.8 Å². The molecule has 2 heterocycles. The highest BCUT2D eigenvalue weighted by molar-refractivity contribution is 7.11. The highest BCUT2D eigenvalue weighted by Crippen LogP contribution is 2.28. The van der Waals surface area contributed by atoms with Crippen LogP contribution in [0.25, 0.3) is 11.1 Å². The van der Waals surface area contributed by atoms with Crippen LogP contribution in [0, 0.1) is 13.8 Å². The summed E-state index contributed by atoms with van der Waals surface area (Å²) in [4.78, 5) is 24.3. The van der Waals surface area contributed by atoms with E-state index in [0.29, 0.717) is 11.3 Å². The molecular weight excluding hydrogens is 344 g/mol. The van der Waals surface area contributed by atoms with E-state index < -0.39 is 0 Å². The van der Waals surface area contributed by atoms with E-state index in [1.807, 2.05) is 58.2 Å². The SMILES string of the molecule is Cc1nc([C@@H](C)N(C)C(=O)c2ccc(-c3ccncc3N)cc2)c(C)s1. The van der Waals surface area contributed by atoms with E-state index in [1.165, 1.54) is 0 Å². The smallest absolute Gasteiger partial charge is 0.254 e. The third-order valence-corrected chi connectivity index (χ3v) is 5.43. The molecule has 0 bridgehead atoms. The van der Waals surface area contributed by atoms with Crippen LogP contribution in [0.3, 0.4) is 0 Å². The summed E-state index contributed by atoms with van der Waals surface area (Å²) in [6.45, 7) is 6.04. The van der Waals surface area contributed by atoms with Gasteiger partial charge in [0, 0.05) is 29.2 Å². The lowest BCUT2D eigenvalue weighted by Gasteiger charge is -2.24. The van der Waals surface area contributed by atoms with Gasteiger partial charge in [-0.2, -0.15) is 0 Å². The number of carbonyl (C=O) groups is 1. The van der Waals surface area contributed by atoms with Crippen molar-refractivity contribution < 1.29 is 4.79 Å². The normalized spacial score (nSPS) is 12.0. The van der Waals surface area contributed by atoms with Gasteiger partial charge in [0.1, 0.15) is 0 Å². The zero-order valence-electron chi connectivity index (χ0n) is 15.4. The molecule has 2 aromatic heterocycles. The number of amides is 1. The molecule has 2 N–H and O–H groups in total. The van der Waals surface area contributed by atoms with Crippen LogP contribution in [-0.2, 0) is 0 Å². The fourth-order valence-electron chi connectivity index (χ4n) is 2.96. The maximum Gasteiger partial charge on any atom is 0.254 e. The Morgan fingerprint density at radius 2 is 1.88 bits per heavy atom. The van der Waals surface area contributed by atoms with Crippen LogP contribution < -0.4 is 5.73 Å². The zero-order chi connectivity index (χ0) is 18.8. The lowest BCUT2D eigenvalue weighted by Crippen LogP contribution is -2.30. The number of carbonyl (C=O) groups excluding carboxylic acids is 1. The predicted octanol–water partition coefficient (Wildman–Crippen LogP) is 4.24. The molecule has 0 fully saturated rings. The number of nitrogens with zero attached hydrogens (tertiary/aromatic N) is 3. The van der Waals surface area contributed by atoms with Crippen LogP contribution in [0.2, 0.25) is 0 Å². The first kappa shape index (κ1) is 18.1. The largest absolute Gasteiger partial charge is 0.397 e. The number of hydrogen-bond acceptors (Lipinski definition) is 5. The van der Waals surface area contributed by atoms with Gasteiger partial charge in [-0.1, -0.05) is 12.1 Å². The van der Waals surface area contributed by atoms with Crippen molar-refractivity contribution in [1.82, 2.24) is 14.9 Å². The molecule has 134 valence electrons. The fourth-order valence-corrected chi connectivity index (χ4v) is 3.87. The molecular formula is C20H22N4OS. The molecule has 0 radical (unpaired) electrons. The highest BCUT2D eigenvalue weighted by Gasteiger charge is 2.22. The van der Waals surface area contributed by atoms with E-state index in [-0.39, 0.29) is 11.9 Å². The summed E-state index contributed by atoms with van der Waals surface area (Å²) in [5, 5.41) is 1.02. The number of aryl methyl sites for hydroxylation is 2. The Kier molecular flexibility index (Phi) is 5.04. The zero-order valence-corrected chi connectivity index (χ0v) is 16.2. The van der Waals surface area contributed by atoms with Crippen molar-refractivity contribution in [1.29, 1.82) is 0 Å². The van der Waals surface area contributed by atoms with Gasteiger partial charge in [0.05, 0.1) is 28.6 Å². The van der Waals surface area contributed by atoms with Crippen molar-refractivity contribution in [3.63, 3.8) is 0 Å². The van der Waals surface area contributed by atoms with Crippen molar-refractivity contribution in [3.05, 3.63) is 63.9 Å². The number of nitrogen functional groups attached to an aromatic ring is 1. The Bertz CT molecular complexity index is 933. The summed E-state index contributed by atoms with van der Waals surface area (Å²) >= 11 is 1.66. The first-order valence-corrected chi connectivity index (χ1v) is 9.21. The van der Waals surface area contributed by atoms with E-state index in [2.05, 4.69) is 9.97 Å². The summed E-state index contributed by atoms with van der Waals surface area (Å²) in [5.41, 5.74) is 10.1. The lowest BCUT2D eigenvalue weighted by atomic mass is 10.0. The number of rotatable bonds is 4. The van der Waals surface area contributed by atoms with E-state index in [0.717, 1.165) is 26.7 Å². The van der Waals surface area contributed by atoms with E-state index in [4.69, 9.17) is 5.73 Å². The molecule has 1 amide bonds. The van der Waals surface area contributed by atoms with Gasteiger partial charge in [0.2, 0.25) is 0 Å². The molecule has 3 aromatic rings. The molecule has 1 aromatic carbocycles. The molecule has 3 rings (SSSR count). The first-order valence-electron chi connectivity index (χ1n) is 8.39. The van der Waals surface area contributed by atoms with E-state index in [1.54, 1.807) is 28.6 Å². The number of hydrogen-bond donors (Lipinski definition) is 1. The molecule has 0 aliphatic carbocycles. The van der Waals surface area contributed by atoms with Gasteiger partial charge in [-0.25, -0.2) is 4.98 Å². The van der Waals surface area contributed by atoms with Crippen molar-refractivity contribution in [2.45, 2.75) is 26.8 Å². The van der Waals surface area contributed by atoms with Crippen LogP contribution in [0.15, 0.2) is 42.7 Å². The van der Waals surface area contributed by atoms with Crippen LogP contribution in [0.4, 0.5) is 5.69 Å². The van der Waals surface area contributed by atoms with Gasteiger partial charge in [-0.05, 0) is 44.5 Å². The van der Waals surface area contributed by atoms with Crippen molar-refractivity contribution in [3.8, 4) is 11.1 Å². The number of thiazole rings is 1. The second-order valence-corrected chi connectivity index (χ2v) is 7.71.